The molecule has 7 heteroatoms. The third-order valence-corrected chi connectivity index (χ3v) is 2.96. The van der Waals surface area contributed by atoms with Crippen molar-refractivity contribution >= 4 is 23.2 Å². The van der Waals surface area contributed by atoms with Gasteiger partial charge in [0.15, 0.2) is 0 Å². The molecule has 0 atom stereocenters. The molecule has 1 amide bonds. The lowest BCUT2D eigenvalue weighted by atomic mass is 10.2. The molecule has 0 unspecified atom stereocenters. The Labute approximate surface area is 114 Å². The first-order valence-electron chi connectivity index (χ1n) is 5.60. The number of nitrogen functional groups attached to an aromatic ring is 1. The van der Waals surface area contributed by atoms with Crippen molar-refractivity contribution < 1.29 is 9.32 Å². The molecule has 0 spiro atoms. The summed E-state index contributed by atoms with van der Waals surface area (Å²) in [5, 5.41) is 6.78. The molecule has 0 saturated heterocycles. The molecule has 0 radical (unpaired) electrons. The number of amides is 1. The Kier molecular flexibility index (Phi) is 3.71. The molecule has 6 nitrogen and oxygen atoms in total. The van der Waals surface area contributed by atoms with Gasteiger partial charge in [0, 0.05) is 12.1 Å². The summed E-state index contributed by atoms with van der Waals surface area (Å²) in [4.78, 5) is 15.8. The molecule has 2 aromatic heterocycles. The number of anilines is 1. The fourth-order valence-corrected chi connectivity index (χ4v) is 1.81. The number of carbonyl (C=O) groups is 1. The van der Waals surface area contributed by atoms with Crippen LogP contribution < -0.4 is 11.1 Å². The number of nitrogens with zero attached hydrogens (tertiary/aromatic N) is 2. The van der Waals surface area contributed by atoms with Gasteiger partial charge in [-0.15, -0.1) is 0 Å². The van der Waals surface area contributed by atoms with Crippen LogP contribution in [0.4, 0.5) is 5.69 Å². The first kappa shape index (κ1) is 13.4. The monoisotopic (exact) mass is 280 g/mol. The summed E-state index contributed by atoms with van der Waals surface area (Å²) in [6.45, 7) is 3.92. The number of hydrogen-bond donors (Lipinski definition) is 2. The largest absolute Gasteiger partial charge is 0.397 e. The highest BCUT2D eigenvalue weighted by atomic mass is 35.5. The summed E-state index contributed by atoms with van der Waals surface area (Å²) >= 11 is 5.74. The molecular formula is C12H13ClN4O2. The molecule has 0 aliphatic carbocycles. The van der Waals surface area contributed by atoms with Crippen LogP contribution in [0.3, 0.4) is 0 Å². The summed E-state index contributed by atoms with van der Waals surface area (Å²) in [5.74, 6) is 0.361. The Hall–Kier alpha value is -2.08. The Balaban J connectivity index is 2.12. The SMILES string of the molecule is Cc1noc(C)c1CNC(=O)c1cc(Cl)ncc1N. The number of nitrogens with one attached hydrogen (secondary N) is 1. The van der Waals surface area contributed by atoms with Crippen molar-refractivity contribution in [1.29, 1.82) is 0 Å². The second-order valence-electron chi connectivity index (χ2n) is 4.08. The zero-order chi connectivity index (χ0) is 14.0. The minimum atomic E-state index is -0.318. The van der Waals surface area contributed by atoms with E-state index in [1.807, 2.05) is 6.92 Å². The van der Waals surface area contributed by atoms with Crippen molar-refractivity contribution in [2.75, 3.05) is 5.73 Å². The maximum absolute atomic E-state index is 12.0. The number of halogens is 1. The topological polar surface area (TPSA) is 94.0 Å². The van der Waals surface area contributed by atoms with Crippen molar-refractivity contribution in [3.8, 4) is 0 Å². The molecule has 100 valence electrons. The third-order valence-electron chi connectivity index (χ3n) is 2.75. The van der Waals surface area contributed by atoms with Gasteiger partial charge in [0.05, 0.1) is 23.1 Å². The number of carbonyl (C=O) groups excluding carboxylic acids is 1. The molecule has 0 aliphatic heterocycles. The molecule has 0 aromatic carbocycles. The van der Waals surface area contributed by atoms with Crippen LogP contribution in [0.2, 0.25) is 5.15 Å². The molecule has 0 fully saturated rings. The van der Waals surface area contributed by atoms with Crippen LogP contribution >= 0.6 is 11.6 Å². The summed E-state index contributed by atoms with van der Waals surface area (Å²) in [7, 11) is 0. The van der Waals surface area contributed by atoms with E-state index < -0.39 is 0 Å². The second-order valence-corrected chi connectivity index (χ2v) is 4.47. The van der Waals surface area contributed by atoms with Crippen LogP contribution in [0.1, 0.15) is 27.4 Å². The van der Waals surface area contributed by atoms with Gasteiger partial charge in [-0.05, 0) is 19.9 Å². The zero-order valence-electron chi connectivity index (χ0n) is 10.5. The van der Waals surface area contributed by atoms with Gasteiger partial charge in [-0.1, -0.05) is 16.8 Å². The lowest BCUT2D eigenvalue weighted by Gasteiger charge is -2.07. The number of nitrogens with two attached hydrogens (primary N) is 1. The minimum absolute atomic E-state index is 0.219. The van der Waals surface area contributed by atoms with Crippen molar-refractivity contribution in [2.24, 2.45) is 0 Å². The highest BCUT2D eigenvalue weighted by molar-refractivity contribution is 6.29. The average molecular weight is 281 g/mol. The number of pyridine rings is 1. The minimum Gasteiger partial charge on any atom is -0.397 e. The van der Waals surface area contributed by atoms with Gasteiger partial charge >= 0.3 is 0 Å². The molecule has 19 heavy (non-hydrogen) atoms. The maximum Gasteiger partial charge on any atom is 0.253 e. The molecular weight excluding hydrogens is 268 g/mol. The zero-order valence-corrected chi connectivity index (χ0v) is 11.3. The highest BCUT2D eigenvalue weighted by Crippen LogP contribution is 2.16. The van der Waals surface area contributed by atoms with Gasteiger partial charge in [0.25, 0.3) is 5.91 Å². The van der Waals surface area contributed by atoms with Crippen LogP contribution in [0.25, 0.3) is 0 Å². The van der Waals surface area contributed by atoms with Crippen LogP contribution in [0.15, 0.2) is 16.8 Å². The molecule has 0 bridgehead atoms. The Morgan fingerprint density at radius 2 is 2.26 bits per heavy atom. The van der Waals surface area contributed by atoms with Gasteiger partial charge in [0.2, 0.25) is 0 Å². The van der Waals surface area contributed by atoms with E-state index in [0.29, 0.717) is 17.9 Å². The Bertz CT molecular complexity index is 605. The van der Waals surface area contributed by atoms with Gasteiger partial charge in [0.1, 0.15) is 10.9 Å². The Morgan fingerprint density at radius 3 is 2.89 bits per heavy atom. The fourth-order valence-electron chi connectivity index (χ4n) is 1.66. The maximum atomic E-state index is 12.0. The number of hydrogen-bond acceptors (Lipinski definition) is 5. The first-order chi connectivity index (χ1) is 8.99. The molecule has 2 aromatic rings. The van der Waals surface area contributed by atoms with Crippen LogP contribution in [-0.4, -0.2) is 16.0 Å². The summed E-state index contributed by atoms with van der Waals surface area (Å²) in [6.07, 6.45) is 1.35. The first-order valence-corrected chi connectivity index (χ1v) is 5.97. The predicted octanol–water partition coefficient (Wildman–Crippen LogP) is 1.85. The van der Waals surface area contributed by atoms with E-state index >= 15 is 0 Å². The van der Waals surface area contributed by atoms with Crippen molar-refractivity contribution in [3.05, 3.63) is 40.0 Å². The summed E-state index contributed by atoms with van der Waals surface area (Å²) in [6, 6.07) is 1.43. The summed E-state index contributed by atoms with van der Waals surface area (Å²) < 4.78 is 5.02. The second kappa shape index (κ2) is 5.27. The van der Waals surface area contributed by atoms with E-state index in [4.69, 9.17) is 21.9 Å². The van der Waals surface area contributed by atoms with Gasteiger partial charge < -0.3 is 15.6 Å². The average Bonchev–Trinajstić information content (AvgIpc) is 2.69. The van der Waals surface area contributed by atoms with Crippen molar-refractivity contribution in [1.82, 2.24) is 15.5 Å². The van der Waals surface area contributed by atoms with Crippen LogP contribution in [0, 0.1) is 13.8 Å². The molecule has 3 N–H and O–H groups in total. The van der Waals surface area contributed by atoms with Gasteiger partial charge in [-0.25, -0.2) is 4.98 Å². The molecule has 2 rings (SSSR count). The van der Waals surface area contributed by atoms with Crippen LogP contribution in [-0.2, 0) is 6.54 Å². The Morgan fingerprint density at radius 1 is 1.53 bits per heavy atom. The smallest absolute Gasteiger partial charge is 0.253 e. The summed E-state index contributed by atoms with van der Waals surface area (Å²) in [5.41, 5.74) is 7.87. The molecule has 2 heterocycles. The number of aromatic nitrogens is 2. The van der Waals surface area contributed by atoms with E-state index in [0.717, 1.165) is 11.3 Å². The van der Waals surface area contributed by atoms with Crippen LogP contribution in [0.5, 0.6) is 0 Å². The standard InChI is InChI=1S/C12H13ClN4O2/c1-6-9(7(2)19-17-6)4-16-12(18)8-3-11(13)15-5-10(8)14/h3,5H,4,14H2,1-2H3,(H,16,18). The predicted molar refractivity (Wildman–Crippen MR) is 70.8 cm³/mol. The lowest BCUT2D eigenvalue weighted by Crippen LogP contribution is -2.24. The number of rotatable bonds is 3. The molecule has 0 saturated carbocycles. The van der Waals surface area contributed by atoms with E-state index in [-0.39, 0.29) is 16.7 Å². The quantitative estimate of drug-likeness (QED) is 0.837. The lowest BCUT2D eigenvalue weighted by molar-refractivity contribution is 0.0951. The third kappa shape index (κ3) is 2.85. The van der Waals surface area contributed by atoms with Crippen molar-refractivity contribution in [2.45, 2.75) is 20.4 Å². The fraction of sp³-hybridized carbons (Fsp3) is 0.250. The van der Waals surface area contributed by atoms with E-state index in [2.05, 4.69) is 15.5 Å². The van der Waals surface area contributed by atoms with E-state index in [1.165, 1.54) is 12.3 Å². The highest BCUT2D eigenvalue weighted by Gasteiger charge is 2.14. The molecule has 0 aliphatic rings. The number of aryl methyl sites for hydroxylation is 2. The normalized spacial score (nSPS) is 10.5. The van der Waals surface area contributed by atoms with E-state index in [9.17, 15) is 4.79 Å². The van der Waals surface area contributed by atoms with E-state index in [1.54, 1.807) is 6.92 Å². The van der Waals surface area contributed by atoms with Crippen molar-refractivity contribution in [3.63, 3.8) is 0 Å². The van der Waals surface area contributed by atoms with Gasteiger partial charge in [-0.3, -0.25) is 4.79 Å². The van der Waals surface area contributed by atoms with Gasteiger partial charge in [-0.2, -0.15) is 0 Å².